The lowest BCUT2D eigenvalue weighted by molar-refractivity contribution is -0.121. The summed E-state index contributed by atoms with van der Waals surface area (Å²) < 4.78 is 0. The van der Waals surface area contributed by atoms with Crippen LogP contribution >= 0.6 is 0 Å². The normalized spacial score (nSPS) is 11.7. The third-order valence-corrected chi connectivity index (χ3v) is 3.11. The molecule has 0 saturated heterocycles. The molecule has 0 saturated carbocycles. The van der Waals surface area contributed by atoms with Crippen molar-refractivity contribution in [2.24, 2.45) is 0 Å². The Morgan fingerprint density at radius 2 is 1.79 bits per heavy atom. The molecule has 0 bridgehead atoms. The van der Waals surface area contributed by atoms with Crippen LogP contribution in [0, 0.1) is 0 Å². The van der Waals surface area contributed by atoms with Gasteiger partial charge < -0.3 is 10.6 Å². The Kier molecular flexibility index (Phi) is 5.55. The van der Waals surface area contributed by atoms with E-state index < -0.39 is 0 Å². The second-order valence-corrected chi connectivity index (χ2v) is 6.04. The summed E-state index contributed by atoms with van der Waals surface area (Å²) in [6.07, 6.45) is 0.834. The first kappa shape index (κ1) is 15.7. The highest BCUT2D eigenvalue weighted by atomic mass is 16.2. The molecule has 2 N–H and O–H groups in total. The van der Waals surface area contributed by atoms with Gasteiger partial charge in [-0.25, -0.2) is 0 Å². The fourth-order valence-corrected chi connectivity index (χ4v) is 2.16. The molecular weight excluding hydrogens is 236 g/mol. The van der Waals surface area contributed by atoms with Crippen LogP contribution in [0.2, 0.25) is 0 Å². The van der Waals surface area contributed by atoms with Gasteiger partial charge >= 0.3 is 0 Å². The number of hydrogen-bond donors (Lipinski definition) is 2. The molecule has 0 fully saturated rings. The first-order valence-electron chi connectivity index (χ1n) is 6.88. The van der Waals surface area contributed by atoms with Gasteiger partial charge in [0.15, 0.2) is 0 Å². The minimum Gasteiger partial charge on any atom is -0.350 e. The van der Waals surface area contributed by atoms with Crippen molar-refractivity contribution in [2.45, 2.75) is 45.6 Å². The van der Waals surface area contributed by atoms with Gasteiger partial charge in [-0.1, -0.05) is 38.1 Å². The Labute approximate surface area is 116 Å². The smallest absolute Gasteiger partial charge is 0.234 e. The summed E-state index contributed by atoms with van der Waals surface area (Å²) in [5.74, 6) is 0.587. The van der Waals surface area contributed by atoms with E-state index in [1.807, 2.05) is 0 Å². The van der Waals surface area contributed by atoms with Crippen molar-refractivity contribution in [3.05, 3.63) is 35.4 Å². The largest absolute Gasteiger partial charge is 0.350 e. The van der Waals surface area contributed by atoms with Crippen LogP contribution in [0.1, 0.15) is 44.7 Å². The van der Waals surface area contributed by atoms with Gasteiger partial charge in [0.25, 0.3) is 0 Å². The number of rotatable bonds is 6. The molecule has 0 unspecified atom stereocenters. The maximum atomic E-state index is 11.6. The maximum Gasteiger partial charge on any atom is 0.234 e. The molecule has 0 aliphatic carbocycles. The first-order chi connectivity index (χ1) is 8.84. The van der Waals surface area contributed by atoms with E-state index in [4.69, 9.17) is 0 Å². The SMILES string of the molecule is CNCC(=O)NC(C)(C)Cc1ccc(C(C)C)cc1. The molecule has 1 amide bonds. The zero-order valence-corrected chi connectivity index (χ0v) is 12.7. The van der Waals surface area contributed by atoms with Gasteiger partial charge in [-0.3, -0.25) is 4.79 Å². The standard InChI is InChI=1S/C16H26N2O/c1-12(2)14-8-6-13(7-9-14)10-16(3,4)18-15(19)11-17-5/h6-9,12,17H,10-11H2,1-5H3,(H,18,19). The average molecular weight is 262 g/mol. The van der Waals surface area contributed by atoms with E-state index in [1.54, 1.807) is 7.05 Å². The van der Waals surface area contributed by atoms with Crippen molar-refractivity contribution in [1.82, 2.24) is 10.6 Å². The molecule has 106 valence electrons. The lowest BCUT2D eigenvalue weighted by Gasteiger charge is -2.26. The van der Waals surface area contributed by atoms with E-state index in [0.717, 1.165) is 6.42 Å². The highest BCUT2D eigenvalue weighted by Gasteiger charge is 2.20. The van der Waals surface area contributed by atoms with Crippen molar-refractivity contribution in [2.75, 3.05) is 13.6 Å². The van der Waals surface area contributed by atoms with E-state index in [-0.39, 0.29) is 11.4 Å². The second-order valence-electron chi connectivity index (χ2n) is 6.04. The Morgan fingerprint density at radius 1 is 1.21 bits per heavy atom. The zero-order valence-electron chi connectivity index (χ0n) is 12.7. The van der Waals surface area contributed by atoms with Crippen LogP contribution in [0.4, 0.5) is 0 Å². The summed E-state index contributed by atoms with van der Waals surface area (Å²) >= 11 is 0. The van der Waals surface area contributed by atoms with Gasteiger partial charge in [0, 0.05) is 5.54 Å². The van der Waals surface area contributed by atoms with Crippen molar-refractivity contribution >= 4 is 5.91 Å². The van der Waals surface area contributed by atoms with Gasteiger partial charge in [0.2, 0.25) is 5.91 Å². The van der Waals surface area contributed by atoms with Crippen molar-refractivity contribution < 1.29 is 4.79 Å². The predicted octanol–water partition coefficient (Wildman–Crippen LogP) is 2.47. The summed E-state index contributed by atoms with van der Waals surface area (Å²) in [7, 11) is 1.78. The monoisotopic (exact) mass is 262 g/mol. The van der Waals surface area contributed by atoms with Gasteiger partial charge in [-0.05, 0) is 44.4 Å². The number of nitrogens with one attached hydrogen (secondary N) is 2. The molecule has 0 aliphatic rings. The number of likely N-dealkylation sites (N-methyl/N-ethyl adjacent to an activating group) is 1. The topological polar surface area (TPSA) is 41.1 Å². The number of amides is 1. The Bertz CT molecular complexity index is 407. The third-order valence-electron chi connectivity index (χ3n) is 3.11. The molecule has 3 nitrogen and oxygen atoms in total. The summed E-state index contributed by atoms with van der Waals surface area (Å²) in [4.78, 5) is 11.6. The minimum absolute atomic E-state index is 0.0336. The van der Waals surface area contributed by atoms with E-state index in [1.165, 1.54) is 11.1 Å². The summed E-state index contributed by atoms with van der Waals surface area (Å²) in [6.45, 7) is 8.84. The van der Waals surface area contributed by atoms with Crippen LogP contribution in [0.15, 0.2) is 24.3 Å². The Balaban J connectivity index is 2.64. The number of carbonyl (C=O) groups is 1. The van der Waals surface area contributed by atoms with Crippen LogP contribution in [0.3, 0.4) is 0 Å². The van der Waals surface area contributed by atoms with Crippen molar-refractivity contribution in [3.8, 4) is 0 Å². The quantitative estimate of drug-likeness (QED) is 0.827. The molecule has 0 heterocycles. The van der Waals surface area contributed by atoms with E-state index >= 15 is 0 Å². The van der Waals surface area contributed by atoms with Gasteiger partial charge in [-0.15, -0.1) is 0 Å². The molecule has 0 atom stereocenters. The van der Waals surface area contributed by atoms with E-state index in [2.05, 4.69) is 62.6 Å². The molecule has 0 aromatic heterocycles. The molecule has 0 spiro atoms. The molecule has 0 aliphatic heterocycles. The van der Waals surface area contributed by atoms with Gasteiger partial charge in [0.1, 0.15) is 0 Å². The molecule has 19 heavy (non-hydrogen) atoms. The lowest BCUT2D eigenvalue weighted by Crippen LogP contribution is -2.47. The predicted molar refractivity (Wildman–Crippen MR) is 80.4 cm³/mol. The molecule has 3 heteroatoms. The Morgan fingerprint density at radius 3 is 2.26 bits per heavy atom. The van der Waals surface area contributed by atoms with Crippen LogP contribution in [-0.2, 0) is 11.2 Å². The van der Waals surface area contributed by atoms with Crippen LogP contribution in [0.5, 0.6) is 0 Å². The molecule has 0 radical (unpaired) electrons. The van der Waals surface area contributed by atoms with Crippen LogP contribution < -0.4 is 10.6 Å². The van der Waals surface area contributed by atoms with Gasteiger partial charge in [-0.2, -0.15) is 0 Å². The fourth-order valence-electron chi connectivity index (χ4n) is 2.16. The fraction of sp³-hybridized carbons (Fsp3) is 0.562. The molecule has 1 aromatic carbocycles. The third kappa shape index (κ3) is 5.43. The summed E-state index contributed by atoms with van der Waals surface area (Å²) in [5.41, 5.74) is 2.37. The molecule has 1 rings (SSSR count). The van der Waals surface area contributed by atoms with Crippen LogP contribution in [0.25, 0.3) is 0 Å². The van der Waals surface area contributed by atoms with Gasteiger partial charge in [0.05, 0.1) is 6.54 Å². The van der Waals surface area contributed by atoms with Crippen molar-refractivity contribution in [3.63, 3.8) is 0 Å². The zero-order chi connectivity index (χ0) is 14.5. The van der Waals surface area contributed by atoms with Crippen molar-refractivity contribution in [1.29, 1.82) is 0 Å². The highest BCUT2D eigenvalue weighted by molar-refractivity contribution is 5.78. The summed E-state index contributed by atoms with van der Waals surface area (Å²) in [6, 6.07) is 8.65. The van der Waals surface area contributed by atoms with Crippen LogP contribution in [-0.4, -0.2) is 25.0 Å². The average Bonchev–Trinajstić information content (AvgIpc) is 2.28. The van der Waals surface area contributed by atoms with E-state index in [9.17, 15) is 4.79 Å². The van der Waals surface area contributed by atoms with E-state index in [0.29, 0.717) is 12.5 Å². The Hall–Kier alpha value is -1.35. The lowest BCUT2D eigenvalue weighted by atomic mass is 9.93. The second kappa shape index (κ2) is 6.71. The number of carbonyl (C=O) groups excluding carboxylic acids is 1. The summed E-state index contributed by atoms with van der Waals surface area (Å²) in [5, 5.41) is 5.90. The number of benzene rings is 1. The maximum absolute atomic E-state index is 11.6. The molecular formula is C16H26N2O. The number of hydrogen-bond acceptors (Lipinski definition) is 2. The first-order valence-corrected chi connectivity index (χ1v) is 6.88. The highest BCUT2D eigenvalue weighted by Crippen LogP contribution is 2.18. The minimum atomic E-state index is -0.229. The molecule has 1 aromatic rings.